The van der Waals surface area contributed by atoms with Gasteiger partial charge in [0.1, 0.15) is 0 Å². The molecule has 8 heteroatoms. The molecule has 1 saturated carbocycles. The zero-order valence-corrected chi connectivity index (χ0v) is 16.1. The van der Waals surface area contributed by atoms with Crippen molar-refractivity contribution in [2.24, 2.45) is 11.8 Å². The van der Waals surface area contributed by atoms with Crippen LogP contribution in [-0.2, 0) is 26.0 Å². The summed E-state index contributed by atoms with van der Waals surface area (Å²) < 4.78 is 27.3. The van der Waals surface area contributed by atoms with E-state index in [9.17, 15) is 18.0 Å². The van der Waals surface area contributed by atoms with Crippen LogP contribution in [0.5, 0.6) is 0 Å². The molecule has 4 rings (SSSR count). The molecule has 1 aromatic carbocycles. The normalized spacial score (nSPS) is 24.0. The van der Waals surface area contributed by atoms with Gasteiger partial charge in [0.25, 0.3) is 0 Å². The average molecular weight is 392 g/mol. The number of carbonyl (C=O) groups is 2. The minimum Gasteiger partial charge on any atom is -0.481 e. The minimum absolute atomic E-state index is 0.0392. The van der Waals surface area contributed by atoms with E-state index in [1.165, 1.54) is 4.31 Å². The molecule has 2 aliphatic heterocycles. The fourth-order valence-electron chi connectivity index (χ4n) is 4.12. The maximum atomic E-state index is 13.0. The first-order valence-electron chi connectivity index (χ1n) is 9.48. The highest BCUT2D eigenvalue weighted by Crippen LogP contribution is 2.40. The van der Waals surface area contributed by atoms with Gasteiger partial charge in [-0.25, -0.2) is 8.42 Å². The Kier molecular flexibility index (Phi) is 4.50. The quantitative estimate of drug-likeness (QED) is 0.844. The molecule has 1 saturated heterocycles. The van der Waals surface area contributed by atoms with Gasteiger partial charge in [-0.3, -0.25) is 9.59 Å². The number of piperidine rings is 1. The van der Waals surface area contributed by atoms with Gasteiger partial charge in [0, 0.05) is 30.7 Å². The molecule has 1 amide bonds. The Morgan fingerprint density at radius 2 is 1.74 bits per heavy atom. The van der Waals surface area contributed by atoms with Crippen LogP contribution in [0, 0.1) is 11.8 Å². The van der Waals surface area contributed by atoms with Crippen LogP contribution in [0.2, 0.25) is 0 Å². The van der Waals surface area contributed by atoms with Gasteiger partial charge in [-0.05, 0) is 62.8 Å². The lowest BCUT2D eigenvalue weighted by atomic mass is 9.99. The zero-order valence-electron chi connectivity index (χ0n) is 15.3. The first-order valence-corrected chi connectivity index (χ1v) is 10.9. The third-order valence-corrected chi connectivity index (χ3v) is 7.77. The second-order valence-electron chi connectivity index (χ2n) is 7.84. The number of sulfonamides is 1. The van der Waals surface area contributed by atoms with Crippen LogP contribution in [-0.4, -0.2) is 48.8 Å². The van der Waals surface area contributed by atoms with Crippen molar-refractivity contribution < 1.29 is 23.1 Å². The van der Waals surface area contributed by atoms with Crippen molar-refractivity contribution in [2.75, 3.05) is 18.0 Å². The first kappa shape index (κ1) is 18.4. The number of carboxylic acid groups (broad SMARTS) is 1. The van der Waals surface area contributed by atoms with Crippen molar-refractivity contribution in [2.45, 2.75) is 50.0 Å². The number of hydrogen-bond acceptors (Lipinski definition) is 4. The summed E-state index contributed by atoms with van der Waals surface area (Å²) in [5, 5.41) is 9.09. The molecular formula is C19H24N2O5S. The van der Waals surface area contributed by atoms with Gasteiger partial charge >= 0.3 is 5.97 Å². The van der Waals surface area contributed by atoms with Crippen LogP contribution in [0.3, 0.4) is 0 Å². The van der Waals surface area contributed by atoms with E-state index in [2.05, 4.69) is 0 Å². The van der Waals surface area contributed by atoms with E-state index < -0.39 is 21.9 Å². The Hall–Kier alpha value is -1.93. The number of aliphatic carboxylic acids is 1. The standard InChI is InChI=1S/C19H24N2O5S/c1-12-10-15-11-16(4-5-17(15)21(12)18(22)13-2-3-13)27(25,26)20-8-6-14(7-9-20)19(23)24/h4-5,11-14H,2-3,6-10H2,1H3,(H,23,24). The monoisotopic (exact) mass is 392 g/mol. The highest BCUT2D eigenvalue weighted by atomic mass is 32.2. The van der Waals surface area contributed by atoms with Crippen molar-refractivity contribution in [3.63, 3.8) is 0 Å². The van der Waals surface area contributed by atoms with Gasteiger partial charge < -0.3 is 10.0 Å². The molecular weight excluding hydrogens is 368 g/mol. The van der Waals surface area contributed by atoms with Crippen LogP contribution in [0.25, 0.3) is 0 Å². The van der Waals surface area contributed by atoms with Crippen LogP contribution >= 0.6 is 0 Å². The molecule has 2 fully saturated rings. The molecule has 1 aliphatic carbocycles. The molecule has 7 nitrogen and oxygen atoms in total. The second kappa shape index (κ2) is 6.60. The molecule has 0 radical (unpaired) electrons. The third-order valence-electron chi connectivity index (χ3n) is 5.87. The Morgan fingerprint density at radius 3 is 2.33 bits per heavy atom. The molecule has 3 aliphatic rings. The maximum absolute atomic E-state index is 13.0. The van der Waals surface area contributed by atoms with Crippen molar-refractivity contribution in [3.05, 3.63) is 23.8 Å². The minimum atomic E-state index is -3.65. The number of amides is 1. The summed E-state index contributed by atoms with van der Waals surface area (Å²) in [6.07, 6.45) is 3.20. The summed E-state index contributed by atoms with van der Waals surface area (Å²) >= 11 is 0. The molecule has 146 valence electrons. The lowest BCUT2D eigenvalue weighted by molar-refractivity contribution is -0.143. The van der Waals surface area contributed by atoms with Gasteiger partial charge in [-0.15, -0.1) is 0 Å². The fraction of sp³-hybridized carbons (Fsp3) is 0.579. The topological polar surface area (TPSA) is 95.0 Å². The summed E-state index contributed by atoms with van der Waals surface area (Å²) in [5.74, 6) is -1.07. The Labute approximate surface area is 159 Å². The van der Waals surface area contributed by atoms with E-state index in [4.69, 9.17) is 5.11 Å². The van der Waals surface area contributed by atoms with Gasteiger partial charge in [-0.2, -0.15) is 4.31 Å². The van der Waals surface area contributed by atoms with Crippen LogP contribution < -0.4 is 4.90 Å². The zero-order chi connectivity index (χ0) is 19.3. The van der Waals surface area contributed by atoms with Crippen molar-refractivity contribution in [3.8, 4) is 0 Å². The molecule has 27 heavy (non-hydrogen) atoms. The van der Waals surface area contributed by atoms with Gasteiger partial charge in [0.15, 0.2) is 0 Å². The third kappa shape index (κ3) is 3.25. The number of hydrogen-bond donors (Lipinski definition) is 1. The molecule has 1 atom stereocenters. The molecule has 2 heterocycles. The highest BCUT2D eigenvalue weighted by molar-refractivity contribution is 7.89. The summed E-state index contributed by atoms with van der Waals surface area (Å²) in [7, 11) is -3.65. The molecule has 1 N–H and O–H groups in total. The summed E-state index contributed by atoms with van der Waals surface area (Å²) in [6, 6.07) is 5.04. The van der Waals surface area contributed by atoms with Crippen molar-refractivity contribution in [1.29, 1.82) is 0 Å². The maximum Gasteiger partial charge on any atom is 0.306 e. The Morgan fingerprint density at radius 1 is 1.07 bits per heavy atom. The number of carboxylic acids is 1. The number of rotatable bonds is 4. The number of fused-ring (bicyclic) bond motifs is 1. The van der Waals surface area contributed by atoms with Crippen molar-refractivity contribution in [1.82, 2.24) is 4.31 Å². The van der Waals surface area contributed by atoms with E-state index in [0.717, 1.165) is 24.1 Å². The summed E-state index contributed by atoms with van der Waals surface area (Å²) in [5.41, 5.74) is 1.71. The van der Waals surface area contributed by atoms with Gasteiger partial charge in [0.05, 0.1) is 10.8 Å². The van der Waals surface area contributed by atoms with Gasteiger partial charge in [-0.1, -0.05) is 0 Å². The van der Waals surface area contributed by atoms with Crippen molar-refractivity contribution >= 4 is 27.6 Å². The lowest BCUT2D eigenvalue weighted by Crippen LogP contribution is -2.40. The lowest BCUT2D eigenvalue weighted by Gasteiger charge is -2.29. The van der Waals surface area contributed by atoms with Crippen LogP contribution in [0.1, 0.15) is 38.2 Å². The second-order valence-corrected chi connectivity index (χ2v) is 9.78. The molecule has 1 aromatic rings. The average Bonchev–Trinajstić information content (AvgIpc) is 3.43. The summed E-state index contributed by atoms with van der Waals surface area (Å²) in [6.45, 7) is 2.43. The number of nitrogens with zero attached hydrogens (tertiary/aromatic N) is 2. The Balaban J connectivity index is 1.56. The predicted molar refractivity (Wildman–Crippen MR) is 98.9 cm³/mol. The number of anilines is 1. The van der Waals surface area contributed by atoms with Gasteiger partial charge in [0.2, 0.25) is 15.9 Å². The first-order chi connectivity index (χ1) is 12.8. The fourth-order valence-corrected chi connectivity index (χ4v) is 5.64. The molecule has 0 aromatic heterocycles. The van der Waals surface area contributed by atoms with E-state index in [0.29, 0.717) is 19.3 Å². The molecule has 1 unspecified atom stereocenters. The number of benzene rings is 1. The van der Waals surface area contributed by atoms with E-state index in [1.807, 2.05) is 11.8 Å². The van der Waals surface area contributed by atoms with E-state index in [-0.39, 0.29) is 35.9 Å². The number of carbonyl (C=O) groups excluding carboxylic acids is 1. The smallest absolute Gasteiger partial charge is 0.306 e. The largest absolute Gasteiger partial charge is 0.481 e. The van der Waals surface area contributed by atoms with E-state index >= 15 is 0 Å². The molecule has 0 spiro atoms. The highest BCUT2D eigenvalue weighted by Gasteiger charge is 2.40. The predicted octanol–water partition coefficient (Wildman–Crippen LogP) is 1.86. The van der Waals surface area contributed by atoms with Crippen LogP contribution in [0.15, 0.2) is 23.1 Å². The molecule has 0 bridgehead atoms. The Bertz CT molecular complexity index is 885. The SMILES string of the molecule is CC1Cc2cc(S(=O)(=O)N3CCC(C(=O)O)CC3)ccc2N1C(=O)C1CC1. The van der Waals surface area contributed by atoms with Crippen LogP contribution in [0.4, 0.5) is 5.69 Å². The summed E-state index contributed by atoms with van der Waals surface area (Å²) in [4.78, 5) is 25.7. The van der Waals surface area contributed by atoms with E-state index in [1.54, 1.807) is 18.2 Å².